The van der Waals surface area contributed by atoms with Crippen molar-refractivity contribution in [2.75, 3.05) is 19.7 Å². The highest BCUT2D eigenvalue weighted by Gasteiger charge is 2.39. The summed E-state index contributed by atoms with van der Waals surface area (Å²) >= 11 is 0. The molecule has 1 amide bonds. The zero-order valence-corrected chi connectivity index (χ0v) is 9.09. The molecule has 3 N–H and O–H groups in total. The first-order chi connectivity index (χ1) is 7.26. The van der Waals surface area contributed by atoms with Gasteiger partial charge in [-0.1, -0.05) is 0 Å². The van der Waals surface area contributed by atoms with Crippen LogP contribution in [0.4, 0.5) is 0 Å². The van der Waals surface area contributed by atoms with Gasteiger partial charge in [-0.15, -0.1) is 0 Å². The van der Waals surface area contributed by atoms with E-state index in [-0.39, 0.29) is 24.0 Å². The van der Waals surface area contributed by atoms with Crippen molar-refractivity contribution < 1.29 is 9.90 Å². The summed E-state index contributed by atoms with van der Waals surface area (Å²) in [5, 5.41) is 15.5. The van der Waals surface area contributed by atoms with E-state index in [2.05, 4.69) is 10.6 Å². The number of piperidine rings is 1. The average Bonchev–Trinajstić information content (AvgIpc) is 2.24. The van der Waals surface area contributed by atoms with Crippen LogP contribution >= 0.6 is 0 Å². The van der Waals surface area contributed by atoms with E-state index in [9.17, 15) is 9.90 Å². The van der Waals surface area contributed by atoms with Crippen LogP contribution in [0.5, 0.6) is 0 Å². The van der Waals surface area contributed by atoms with Crippen molar-refractivity contribution in [3.63, 3.8) is 0 Å². The lowest BCUT2D eigenvalue weighted by molar-refractivity contribution is -0.129. The van der Waals surface area contributed by atoms with E-state index in [1.807, 2.05) is 0 Å². The molecule has 0 aromatic heterocycles. The van der Waals surface area contributed by atoms with Gasteiger partial charge >= 0.3 is 0 Å². The molecule has 2 fully saturated rings. The molecule has 0 radical (unpaired) electrons. The summed E-state index contributed by atoms with van der Waals surface area (Å²) in [6.45, 7) is 1.89. The van der Waals surface area contributed by atoms with Crippen molar-refractivity contribution in [1.29, 1.82) is 0 Å². The maximum absolute atomic E-state index is 11.9. The van der Waals surface area contributed by atoms with Gasteiger partial charge < -0.3 is 15.7 Å². The lowest BCUT2D eigenvalue weighted by atomic mass is 9.77. The third kappa shape index (κ3) is 2.32. The largest absolute Gasteiger partial charge is 0.394 e. The minimum Gasteiger partial charge on any atom is -0.394 e. The Bertz CT molecular complexity index is 227. The van der Waals surface area contributed by atoms with Gasteiger partial charge in [0.15, 0.2) is 0 Å². The molecule has 1 aliphatic carbocycles. The maximum atomic E-state index is 11.9. The third-order valence-electron chi connectivity index (χ3n) is 3.67. The van der Waals surface area contributed by atoms with E-state index in [4.69, 9.17) is 0 Å². The predicted octanol–water partition coefficient (Wildman–Crippen LogP) is 0.0172. The number of aliphatic hydroxyl groups excluding tert-OH is 1. The van der Waals surface area contributed by atoms with Gasteiger partial charge in [-0.2, -0.15) is 0 Å². The quantitative estimate of drug-likeness (QED) is 0.618. The zero-order chi connectivity index (χ0) is 10.7. The molecule has 86 valence electrons. The Kier molecular flexibility index (Phi) is 3.26. The van der Waals surface area contributed by atoms with Crippen molar-refractivity contribution in [2.45, 2.75) is 37.6 Å². The van der Waals surface area contributed by atoms with Gasteiger partial charge in [0.05, 0.1) is 18.1 Å². The average molecular weight is 212 g/mol. The first kappa shape index (κ1) is 10.9. The molecule has 15 heavy (non-hydrogen) atoms. The Labute approximate surface area is 90.4 Å². The molecule has 2 aliphatic rings. The van der Waals surface area contributed by atoms with Crippen molar-refractivity contribution in [3.8, 4) is 0 Å². The fourth-order valence-corrected chi connectivity index (χ4v) is 2.37. The number of nitrogens with one attached hydrogen (secondary N) is 2. The van der Waals surface area contributed by atoms with Gasteiger partial charge in [0.2, 0.25) is 5.91 Å². The molecule has 1 saturated heterocycles. The minimum atomic E-state index is -0.283. The third-order valence-corrected chi connectivity index (χ3v) is 3.67. The van der Waals surface area contributed by atoms with E-state index in [0.717, 1.165) is 45.2 Å². The Balaban J connectivity index is 1.85. The van der Waals surface area contributed by atoms with Crippen molar-refractivity contribution in [3.05, 3.63) is 0 Å². The molecule has 0 spiro atoms. The van der Waals surface area contributed by atoms with Crippen molar-refractivity contribution >= 4 is 5.91 Å². The van der Waals surface area contributed by atoms with Gasteiger partial charge in [0.1, 0.15) is 0 Å². The highest BCUT2D eigenvalue weighted by Crippen LogP contribution is 2.31. The van der Waals surface area contributed by atoms with Gasteiger partial charge in [0.25, 0.3) is 0 Å². The fourth-order valence-electron chi connectivity index (χ4n) is 2.37. The standard InChI is InChI=1S/C11H20N2O2/c14-8-11(4-2-5-11)13-10(15)9-3-1-6-12-7-9/h9,12,14H,1-8H2,(H,13,15)/t9-/m1/s1. The molecule has 4 heteroatoms. The summed E-state index contributed by atoms with van der Waals surface area (Å²) in [4.78, 5) is 11.9. The topological polar surface area (TPSA) is 61.4 Å². The maximum Gasteiger partial charge on any atom is 0.224 e. The molecule has 1 heterocycles. The smallest absolute Gasteiger partial charge is 0.224 e. The van der Waals surface area contributed by atoms with Crippen LogP contribution in [0.15, 0.2) is 0 Å². The number of rotatable bonds is 3. The van der Waals surface area contributed by atoms with E-state index in [1.165, 1.54) is 0 Å². The van der Waals surface area contributed by atoms with Gasteiger partial charge in [-0.25, -0.2) is 0 Å². The van der Waals surface area contributed by atoms with Crippen LogP contribution in [0.2, 0.25) is 0 Å². The van der Waals surface area contributed by atoms with Crippen LogP contribution < -0.4 is 10.6 Å². The van der Waals surface area contributed by atoms with Crippen molar-refractivity contribution in [2.24, 2.45) is 5.92 Å². The summed E-state index contributed by atoms with van der Waals surface area (Å²) < 4.78 is 0. The van der Waals surface area contributed by atoms with E-state index >= 15 is 0 Å². The SMILES string of the molecule is O=C(NC1(CO)CCC1)[C@@H]1CCCNC1. The van der Waals surface area contributed by atoms with Crippen LogP contribution in [-0.4, -0.2) is 36.2 Å². The predicted molar refractivity (Wildman–Crippen MR) is 57.4 cm³/mol. The van der Waals surface area contributed by atoms with Crippen LogP contribution in [0.1, 0.15) is 32.1 Å². The molecule has 0 aromatic rings. The lowest BCUT2D eigenvalue weighted by Gasteiger charge is -2.42. The molecular weight excluding hydrogens is 192 g/mol. The number of amides is 1. The molecule has 1 atom stereocenters. The number of hydrogen-bond donors (Lipinski definition) is 3. The van der Waals surface area contributed by atoms with Gasteiger partial charge in [-0.3, -0.25) is 4.79 Å². The van der Waals surface area contributed by atoms with E-state index in [1.54, 1.807) is 0 Å². The van der Waals surface area contributed by atoms with Crippen LogP contribution in [0, 0.1) is 5.92 Å². The molecule has 2 rings (SSSR count). The minimum absolute atomic E-state index is 0.0822. The first-order valence-corrected chi connectivity index (χ1v) is 5.89. The molecule has 0 bridgehead atoms. The summed E-state index contributed by atoms with van der Waals surface area (Å²) in [5.41, 5.74) is -0.283. The lowest BCUT2D eigenvalue weighted by Crippen LogP contribution is -2.58. The Morgan fingerprint density at radius 2 is 2.27 bits per heavy atom. The summed E-state index contributed by atoms with van der Waals surface area (Å²) in [7, 11) is 0. The number of carbonyl (C=O) groups is 1. The normalized spacial score (nSPS) is 29.3. The molecular formula is C11H20N2O2. The molecule has 0 unspecified atom stereocenters. The number of hydrogen-bond acceptors (Lipinski definition) is 3. The molecule has 1 saturated carbocycles. The fraction of sp³-hybridized carbons (Fsp3) is 0.909. The number of carbonyl (C=O) groups excluding carboxylic acids is 1. The molecule has 1 aliphatic heterocycles. The Hall–Kier alpha value is -0.610. The number of aliphatic hydroxyl groups is 1. The first-order valence-electron chi connectivity index (χ1n) is 5.89. The van der Waals surface area contributed by atoms with Gasteiger partial charge in [0, 0.05) is 6.54 Å². The molecule has 0 aromatic carbocycles. The molecule has 4 nitrogen and oxygen atoms in total. The zero-order valence-electron chi connectivity index (χ0n) is 9.09. The Morgan fingerprint density at radius 1 is 1.47 bits per heavy atom. The second-order valence-corrected chi connectivity index (χ2v) is 4.82. The van der Waals surface area contributed by atoms with Crippen LogP contribution in [0.3, 0.4) is 0 Å². The summed E-state index contributed by atoms with van der Waals surface area (Å²) in [5.74, 6) is 0.221. The second kappa shape index (κ2) is 4.49. The Morgan fingerprint density at radius 3 is 2.73 bits per heavy atom. The van der Waals surface area contributed by atoms with Crippen LogP contribution in [0.25, 0.3) is 0 Å². The van der Waals surface area contributed by atoms with E-state index in [0.29, 0.717) is 0 Å². The van der Waals surface area contributed by atoms with Crippen molar-refractivity contribution in [1.82, 2.24) is 10.6 Å². The summed E-state index contributed by atoms with van der Waals surface area (Å²) in [6, 6.07) is 0. The van der Waals surface area contributed by atoms with Gasteiger partial charge in [-0.05, 0) is 38.6 Å². The summed E-state index contributed by atoms with van der Waals surface area (Å²) in [6.07, 6.45) is 5.01. The van der Waals surface area contributed by atoms with Crippen LogP contribution in [-0.2, 0) is 4.79 Å². The van der Waals surface area contributed by atoms with E-state index < -0.39 is 0 Å². The highest BCUT2D eigenvalue weighted by atomic mass is 16.3. The highest BCUT2D eigenvalue weighted by molar-refractivity contribution is 5.80. The monoisotopic (exact) mass is 212 g/mol. The second-order valence-electron chi connectivity index (χ2n) is 4.82.